The van der Waals surface area contributed by atoms with E-state index in [-0.39, 0.29) is 11.7 Å². The van der Waals surface area contributed by atoms with Crippen LogP contribution in [0.1, 0.15) is 36.5 Å². The molecule has 1 aliphatic carbocycles. The van der Waals surface area contributed by atoms with E-state index in [1.54, 1.807) is 24.4 Å². The van der Waals surface area contributed by atoms with E-state index in [1.807, 2.05) is 6.92 Å². The Morgan fingerprint density at radius 1 is 1.29 bits per heavy atom. The zero-order valence-electron chi connectivity index (χ0n) is 12.3. The maximum absolute atomic E-state index is 10.8. The second-order valence-corrected chi connectivity index (χ2v) is 5.56. The number of phenols is 1. The molecule has 21 heavy (non-hydrogen) atoms. The van der Waals surface area contributed by atoms with Crippen LogP contribution in [0.5, 0.6) is 5.75 Å². The molecule has 1 aromatic carbocycles. The van der Waals surface area contributed by atoms with Crippen molar-refractivity contribution in [1.82, 2.24) is 4.98 Å². The van der Waals surface area contributed by atoms with Gasteiger partial charge in [0.25, 0.3) is 0 Å². The zero-order chi connectivity index (χ0) is 15.2. The fourth-order valence-electron chi connectivity index (χ4n) is 3.26. The Hall–Kier alpha value is -1.69. The summed E-state index contributed by atoms with van der Waals surface area (Å²) in [7, 11) is 3.07. The van der Waals surface area contributed by atoms with E-state index in [9.17, 15) is 10.2 Å². The molecule has 2 unspecified atom stereocenters. The summed E-state index contributed by atoms with van der Waals surface area (Å²) in [5.41, 5.74) is 2.41. The first-order chi connectivity index (χ1) is 10.0. The van der Waals surface area contributed by atoms with Crippen LogP contribution < -0.4 is 0 Å². The number of aliphatic hydroxyl groups is 1. The number of aromatic hydroxyl groups is 1. The quantitative estimate of drug-likeness (QED) is 0.831. The number of hydrogen-bond donors (Lipinski definition) is 2. The van der Waals surface area contributed by atoms with Crippen molar-refractivity contribution >= 4 is 10.9 Å². The van der Waals surface area contributed by atoms with Gasteiger partial charge < -0.3 is 19.7 Å². The topological polar surface area (TPSA) is 71.8 Å². The number of benzene rings is 1. The highest BCUT2D eigenvalue weighted by Crippen LogP contribution is 2.48. The van der Waals surface area contributed by atoms with Gasteiger partial charge in [0.15, 0.2) is 5.79 Å². The largest absolute Gasteiger partial charge is 0.508 e. The molecule has 0 amide bonds. The van der Waals surface area contributed by atoms with Gasteiger partial charge in [-0.1, -0.05) is 6.92 Å². The molecule has 0 saturated carbocycles. The summed E-state index contributed by atoms with van der Waals surface area (Å²) in [6, 6.07) is 4.94. The maximum Gasteiger partial charge on any atom is 0.198 e. The molecule has 0 aliphatic heterocycles. The van der Waals surface area contributed by atoms with E-state index < -0.39 is 11.9 Å². The molecule has 0 bridgehead atoms. The van der Waals surface area contributed by atoms with Crippen LogP contribution >= 0.6 is 0 Å². The Labute approximate surface area is 123 Å². The number of methoxy groups -OCH3 is 2. The zero-order valence-corrected chi connectivity index (χ0v) is 12.3. The van der Waals surface area contributed by atoms with Crippen molar-refractivity contribution in [3.05, 3.63) is 35.5 Å². The number of fused-ring (bicyclic) bond motifs is 3. The fraction of sp³-hybridized carbons (Fsp3) is 0.438. The van der Waals surface area contributed by atoms with Gasteiger partial charge >= 0.3 is 0 Å². The Morgan fingerprint density at radius 2 is 2.00 bits per heavy atom. The van der Waals surface area contributed by atoms with Gasteiger partial charge in [-0.05, 0) is 29.7 Å². The molecule has 5 nitrogen and oxygen atoms in total. The number of pyridine rings is 1. The molecular weight excluding hydrogens is 270 g/mol. The van der Waals surface area contributed by atoms with Crippen LogP contribution in [-0.2, 0) is 9.47 Å². The molecule has 0 saturated heterocycles. The van der Waals surface area contributed by atoms with E-state index in [0.717, 1.165) is 22.0 Å². The Morgan fingerprint density at radius 3 is 2.67 bits per heavy atom. The lowest BCUT2D eigenvalue weighted by Gasteiger charge is -2.42. The standard InChI is InChI=1S/C16H19NO4/c1-9-7-16(20-2,21-3)15(19)14-11-6-10(18)4-5-13(11)17-8-12(9)14/h4-6,8-9,15,18-19H,7H2,1-3H3. The van der Waals surface area contributed by atoms with Crippen LogP contribution in [0.25, 0.3) is 10.9 Å². The third-order valence-electron chi connectivity index (χ3n) is 4.43. The lowest BCUT2D eigenvalue weighted by molar-refractivity contribution is -0.271. The van der Waals surface area contributed by atoms with Crippen molar-refractivity contribution in [2.45, 2.75) is 31.2 Å². The normalized spacial score (nSPS) is 24.0. The number of ether oxygens (including phenoxy) is 2. The first kappa shape index (κ1) is 14.3. The third-order valence-corrected chi connectivity index (χ3v) is 4.43. The smallest absolute Gasteiger partial charge is 0.198 e. The molecule has 2 atom stereocenters. The fourth-order valence-corrected chi connectivity index (χ4v) is 3.26. The molecule has 2 N–H and O–H groups in total. The summed E-state index contributed by atoms with van der Waals surface area (Å²) in [5, 5.41) is 21.3. The Balaban J connectivity index is 2.31. The Bertz CT molecular complexity index is 681. The van der Waals surface area contributed by atoms with E-state index >= 15 is 0 Å². The number of rotatable bonds is 2. The first-order valence-corrected chi connectivity index (χ1v) is 6.92. The molecule has 0 spiro atoms. The van der Waals surface area contributed by atoms with Crippen molar-refractivity contribution in [3.8, 4) is 5.75 Å². The number of hydrogen-bond acceptors (Lipinski definition) is 5. The summed E-state index contributed by atoms with van der Waals surface area (Å²) in [6.45, 7) is 2.05. The SMILES string of the molecule is COC1(OC)CC(C)c2cnc3ccc(O)cc3c2C1O. The monoisotopic (exact) mass is 289 g/mol. The second kappa shape index (κ2) is 4.94. The van der Waals surface area contributed by atoms with Gasteiger partial charge in [-0.25, -0.2) is 0 Å². The lowest BCUT2D eigenvalue weighted by atomic mass is 9.77. The van der Waals surface area contributed by atoms with Gasteiger partial charge in [-0.3, -0.25) is 4.98 Å². The van der Waals surface area contributed by atoms with E-state index in [0.29, 0.717) is 6.42 Å². The highest BCUT2D eigenvalue weighted by molar-refractivity contribution is 5.85. The van der Waals surface area contributed by atoms with Crippen molar-refractivity contribution < 1.29 is 19.7 Å². The predicted molar refractivity (Wildman–Crippen MR) is 78.1 cm³/mol. The van der Waals surface area contributed by atoms with Crippen LogP contribution in [-0.4, -0.2) is 35.2 Å². The molecule has 5 heteroatoms. The molecule has 1 heterocycles. The van der Waals surface area contributed by atoms with Gasteiger partial charge in [0.2, 0.25) is 0 Å². The summed E-state index contributed by atoms with van der Waals surface area (Å²) >= 11 is 0. The van der Waals surface area contributed by atoms with Crippen molar-refractivity contribution in [3.63, 3.8) is 0 Å². The van der Waals surface area contributed by atoms with Gasteiger partial charge in [-0.15, -0.1) is 0 Å². The molecule has 0 radical (unpaired) electrons. The minimum atomic E-state index is -1.08. The summed E-state index contributed by atoms with van der Waals surface area (Å²) < 4.78 is 11.0. The van der Waals surface area contributed by atoms with Crippen LogP contribution in [0.4, 0.5) is 0 Å². The van der Waals surface area contributed by atoms with Crippen molar-refractivity contribution in [2.24, 2.45) is 0 Å². The molecule has 1 aliphatic rings. The predicted octanol–water partition coefficient (Wildman–Crippen LogP) is 2.47. The third kappa shape index (κ3) is 2.00. The molecule has 1 aromatic heterocycles. The minimum absolute atomic E-state index is 0.127. The van der Waals surface area contributed by atoms with Crippen molar-refractivity contribution in [1.29, 1.82) is 0 Å². The van der Waals surface area contributed by atoms with Gasteiger partial charge in [0.1, 0.15) is 11.9 Å². The lowest BCUT2D eigenvalue weighted by Crippen LogP contribution is -2.45. The van der Waals surface area contributed by atoms with Gasteiger partial charge in [0.05, 0.1) is 5.52 Å². The minimum Gasteiger partial charge on any atom is -0.508 e. The van der Waals surface area contributed by atoms with E-state index in [4.69, 9.17) is 9.47 Å². The highest BCUT2D eigenvalue weighted by atomic mass is 16.7. The van der Waals surface area contributed by atoms with Crippen LogP contribution in [0, 0.1) is 0 Å². The van der Waals surface area contributed by atoms with Crippen molar-refractivity contribution in [2.75, 3.05) is 14.2 Å². The summed E-state index contributed by atoms with van der Waals surface area (Å²) in [5.74, 6) is -0.808. The van der Waals surface area contributed by atoms with Crippen LogP contribution in [0.15, 0.2) is 24.4 Å². The number of nitrogens with zero attached hydrogens (tertiary/aromatic N) is 1. The molecule has 2 aromatic rings. The van der Waals surface area contributed by atoms with E-state index in [1.165, 1.54) is 14.2 Å². The van der Waals surface area contributed by atoms with Crippen LogP contribution in [0.3, 0.4) is 0 Å². The number of aliphatic hydroxyl groups excluding tert-OH is 1. The number of phenolic OH excluding ortho intramolecular Hbond substituents is 1. The van der Waals surface area contributed by atoms with E-state index in [2.05, 4.69) is 4.98 Å². The number of aromatic nitrogens is 1. The molecular formula is C16H19NO4. The summed E-state index contributed by atoms with van der Waals surface area (Å²) in [6.07, 6.45) is 1.39. The molecule has 112 valence electrons. The Kier molecular flexibility index (Phi) is 3.36. The second-order valence-electron chi connectivity index (χ2n) is 5.56. The first-order valence-electron chi connectivity index (χ1n) is 6.92. The van der Waals surface area contributed by atoms with Gasteiger partial charge in [0, 0.05) is 37.8 Å². The van der Waals surface area contributed by atoms with Gasteiger partial charge in [-0.2, -0.15) is 0 Å². The van der Waals surface area contributed by atoms with Crippen LogP contribution in [0.2, 0.25) is 0 Å². The summed E-state index contributed by atoms with van der Waals surface area (Å²) in [4.78, 5) is 4.42. The molecule has 3 rings (SSSR count). The average Bonchev–Trinajstić information content (AvgIpc) is 2.50. The average molecular weight is 289 g/mol. The maximum atomic E-state index is 10.8. The highest BCUT2D eigenvalue weighted by Gasteiger charge is 2.47. The molecule has 0 fully saturated rings.